The van der Waals surface area contributed by atoms with Gasteiger partial charge in [0.1, 0.15) is 0 Å². The predicted octanol–water partition coefficient (Wildman–Crippen LogP) is 3.82. The van der Waals surface area contributed by atoms with Crippen LogP contribution in [0.3, 0.4) is 0 Å². The summed E-state index contributed by atoms with van der Waals surface area (Å²) < 4.78 is 19.1. The Morgan fingerprint density at radius 1 is 1.12 bits per heavy atom. The van der Waals surface area contributed by atoms with E-state index >= 15 is 0 Å². The van der Waals surface area contributed by atoms with Crippen LogP contribution in [0.25, 0.3) is 0 Å². The van der Waals surface area contributed by atoms with Gasteiger partial charge in [0.05, 0.1) is 5.69 Å². The van der Waals surface area contributed by atoms with Crippen LogP contribution in [-0.4, -0.2) is 0 Å². The van der Waals surface area contributed by atoms with Crippen molar-refractivity contribution in [1.29, 1.82) is 0 Å². The van der Waals surface area contributed by atoms with Crippen LogP contribution < -0.4 is 10.5 Å². The van der Waals surface area contributed by atoms with E-state index in [1.54, 1.807) is 18.2 Å². The van der Waals surface area contributed by atoms with Crippen LogP contribution in [0.5, 0.6) is 11.5 Å². The highest BCUT2D eigenvalue weighted by molar-refractivity contribution is 5.57. The number of nitrogens with two attached hydrogens (primary N) is 1. The summed E-state index contributed by atoms with van der Waals surface area (Å²) in [5.74, 6) is 0.321. The van der Waals surface area contributed by atoms with Gasteiger partial charge in [0.2, 0.25) is 0 Å². The van der Waals surface area contributed by atoms with Gasteiger partial charge in [-0.15, -0.1) is 0 Å². The van der Waals surface area contributed by atoms with Crippen LogP contribution in [0, 0.1) is 19.7 Å². The average molecular weight is 231 g/mol. The summed E-state index contributed by atoms with van der Waals surface area (Å²) in [6.45, 7) is 3.76. The molecule has 0 aliphatic carbocycles. The number of hydrogen-bond acceptors (Lipinski definition) is 2. The number of hydrogen-bond donors (Lipinski definition) is 1. The number of halogens is 1. The summed E-state index contributed by atoms with van der Waals surface area (Å²) in [6.07, 6.45) is 0. The lowest BCUT2D eigenvalue weighted by Crippen LogP contribution is -1.96. The molecular formula is C14H14FNO. The van der Waals surface area contributed by atoms with Crippen molar-refractivity contribution in [3.8, 4) is 11.5 Å². The first kappa shape index (κ1) is 11.5. The Morgan fingerprint density at radius 3 is 2.59 bits per heavy atom. The van der Waals surface area contributed by atoms with Gasteiger partial charge in [-0.05, 0) is 43.2 Å². The van der Waals surface area contributed by atoms with E-state index in [9.17, 15) is 4.39 Å². The number of aryl methyl sites for hydroxylation is 2. The molecule has 2 aromatic rings. The molecule has 0 aliphatic heterocycles. The Morgan fingerprint density at radius 2 is 1.88 bits per heavy atom. The molecule has 0 atom stereocenters. The first-order chi connectivity index (χ1) is 8.08. The van der Waals surface area contributed by atoms with E-state index in [2.05, 4.69) is 0 Å². The van der Waals surface area contributed by atoms with Crippen LogP contribution in [0.1, 0.15) is 11.1 Å². The minimum absolute atomic E-state index is 0.200. The van der Waals surface area contributed by atoms with Crippen LogP contribution in [-0.2, 0) is 0 Å². The molecule has 0 amide bonds. The van der Waals surface area contributed by atoms with Crippen molar-refractivity contribution in [2.75, 3.05) is 5.73 Å². The first-order valence-corrected chi connectivity index (χ1v) is 5.37. The van der Waals surface area contributed by atoms with Gasteiger partial charge >= 0.3 is 0 Å². The predicted molar refractivity (Wildman–Crippen MR) is 66.8 cm³/mol. The Balaban J connectivity index is 2.41. The fourth-order valence-electron chi connectivity index (χ4n) is 1.61. The second kappa shape index (κ2) is 4.45. The van der Waals surface area contributed by atoms with Gasteiger partial charge in [0.15, 0.2) is 17.3 Å². The number of ether oxygens (including phenoxy) is 1. The molecule has 0 spiro atoms. The molecular weight excluding hydrogens is 217 g/mol. The maximum absolute atomic E-state index is 13.6. The molecule has 0 aromatic heterocycles. The Bertz CT molecular complexity index is 532. The lowest BCUT2D eigenvalue weighted by Gasteiger charge is -2.12. The molecule has 0 fully saturated rings. The molecule has 0 bridgehead atoms. The third-order valence-corrected chi connectivity index (χ3v) is 2.54. The minimum atomic E-state index is -0.391. The van der Waals surface area contributed by atoms with Gasteiger partial charge in [-0.25, -0.2) is 4.39 Å². The Kier molecular flexibility index (Phi) is 3.00. The van der Waals surface area contributed by atoms with E-state index in [4.69, 9.17) is 10.5 Å². The maximum Gasteiger partial charge on any atom is 0.165 e. The zero-order valence-corrected chi connectivity index (χ0v) is 9.83. The third kappa shape index (κ3) is 2.38. The SMILES string of the molecule is Cc1ccc(F)c(Oc2c(C)cccc2N)c1. The van der Waals surface area contributed by atoms with Gasteiger partial charge in [0, 0.05) is 0 Å². The largest absolute Gasteiger partial charge is 0.452 e. The molecule has 3 heteroatoms. The van der Waals surface area contributed by atoms with Crippen molar-refractivity contribution in [3.05, 3.63) is 53.3 Å². The van der Waals surface area contributed by atoms with Crippen LogP contribution in [0.4, 0.5) is 10.1 Å². The van der Waals surface area contributed by atoms with E-state index in [-0.39, 0.29) is 5.75 Å². The lowest BCUT2D eigenvalue weighted by atomic mass is 10.2. The highest BCUT2D eigenvalue weighted by atomic mass is 19.1. The van der Waals surface area contributed by atoms with Crippen molar-refractivity contribution >= 4 is 5.69 Å². The maximum atomic E-state index is 13.6. The zero-order valence-electron chi connectivity index (χ0n) is 9.83. The normalized spacial score (nSPS) is 10.3. The summed E-state index contributed by atoms with van der Waals surface area (Å²) in [7, 11) is 0. The standard InChI is InChI=1S/C14H14FNO/c1-9-6-7-11(15)13(8-9)17-14-10(2)4-3-5-12(14)16/h3-8H,16H2,1-2H3. The van der Waals surface area contributed by atoms with Crippen molar-refractivity contribution in [2.45, 2.75) is 13.8 Å². The van der Waals surface area contributed by atoms with Crippen molar-refractivity contribution in [1.82, 2.24) is 0 Å². The molecule has 2 aromatic carbocycles. The fourth-order valence-corrected chi connectivity index (χ4v) is 1.61. The monoisotopic (exact) mass is 231 g/mol. The zero-order chi connectivity index (χ0) is 12.4. The van der Waals surface area contributed by atoms with E-state index in [0.29, 0.717) is 11.4 Å². The number of rotatable bonds is 2. The summed E-state index contributed by atoms with van der Waals surface area (Å²) in [5, 5.41) is 0. The van der Waals surface area contributed by atoms with Gasteiger partial charge in [-0.3, -0.25) is 0 Å². The molecule has 0 saturated carbocycles. The highest BCUT2D eigenvalue weighted by Crippen LogP contribution is 2.32. The number of nitrogen functional groups attached to an aromatic ring is 1. The van der Waals surface area contributed by atoms with E-state index in [1.165, 1.54) is 6.07 Å². The van der Waals surface area contributed by atoms with Crippen molar-refractivity contribution in [3.63, 3.8) is 0 Å². The summed E-state index contributed by atoms with van der Waals surface area (Å²) in [4.78, 5) is 0. The second-order valence-electron chi connectivity index (χ2n) is 4.03. The summed E-state index contributed by atoms with van der Waals surface area (Å²) >= 11 is 0. The van der Waals surface area contributed by atoms with Gasteiger partial charge in [0.25, 0.3) is 0 Å². The fraction of sp³-hybridized carbons (Fsp3) is 0.143. The van der Waals surface area contributed by atoms with Crippen LogP contribution in [0.15, 0.2) is 36.4 Å². The second-order valence-corrected chi connectivity index (χ2v) is 4.03. The molecule has 2 N–H and O–H groups in total. The number of anilines is 1. The highest BCUT2D eigenvalue weighted by Gasteiger charge is 2.09. The molecule has 0 unspecified atom stereocenters. The minimum Gasteiger partial charge on any atom is -0.452 e. The molecule has 88 valence electrons. The van der Waals surface area contributed by atoms with Gasteiger partial charge in [-0.2, -0.15) is 0 Å². The molecule has 0 radical (unpaired) electrons. The first-order valence-electron chi connectivity index (χ1n) is 5.37. The quantitative estimate of drug-likeness (QED) is 0.797. The summed E-state index contributed by atoms with van der Waals surface area (Å²) in [5.41, 5.74) is 8.13. The smallest absolute Gasteiger partial charge is 0.165 e. The molecule has 0 saturated heterocycles. The molecule has 0 aliphatic rings. The average Bonchev–Trinajstić information content (AvgIpc) is 2.28. The van der Waals surface area contributed by atoms with Crippen molar-refractivity contribution in [2.24, 2.45) is 0 Å². The van der Waals surface area contributed by atoms with Gasteiger partial charge in [-0.1, -0.05) is 18.2 Å². The van der Waals surface area contributed by atoms with Crippen LogP contribution >= 0.6 is 0 Å². The molecule has 17 heavy (non-hydrogen) atoms. The Labute approximate surface area is 99.8 Å². The molecule has 2 nitrogen and oxygen atoms in total. The lowest BCUT2D eigenvalue weighted by molar-refractivity contribution is 0.441. The van der Waals surface area contributed by atoms with E-state index in [0.717, 1.165) is 11.1 Å². The van der Waals surface area contributed by atoms with Crippen LogP contribution in [0.2, 0.25) is 0 Å². The third-order valence-electron chi connectivity index (χ3n) is 2.54. The van der Waals surface area contributed by atoms with E-state index in [1.807, 2.05) is 26.0 Å². The summed E-state index contributed by atoms with van der Waals surface area (Å²) in [6, 6.07) is 10.2. The van der Waals surface area contributed by atoms with Gasteiger partial charge < -0.3 is 10.5 Å². The molecule has 0 heterocycles. The van der Waals surface area contributed by atoms with E-state index < -0.39 is 5.82 Å². The molecule has 2 rings (SSSR count). The van der Waals surface area contributed by atoms with Crippen molar-refractivity contribution < 1.29 is 9.13 Å². The number of benzene rings is 2. The topological polar surface area (TPSA) is 35.2 Å². The Hall–Kier alpha value is -2.03. The number of para-hydroxylation sites is 1.